The van der Waals surface area contributed by atoms with Crippen LogP contribution >= 0.6 is 22.7 Å². The van der Waals surface area contributed by atoms with Gasteiger partial charge in [0.25, 0.3) is 0 Å². The zero-order valence-corrected chi connectivity index (χ0v) is 24.1. The summed E-state index contributed by atoms with van der Waals surface area (Å²) in [6, 6.07) is 10.4. The number of fused-ring (bicyclic) bond motifs is 1. The molecule has 2 aromatic heterocycles. The van der Waals surface area contributed by atoms with Crippen LogP contribution in [-0.4, -0.2) is 80.0 Å². The lowest BCUT2D eigenvalue weighted by Gasteiger charge is -2.34. The van der Waals surface area contributed by atoms with Crippen LogP contribution in [0.1, 0.15) is 30.2 Å². The highest BCUT2D eigenvalue weighted by Crippen LogP contribution is 2.28. The maximum atomic E-state index is 14.0. The van der Waals surface area contributed by atoms with Crippen molar-refractivity contribution >= 4 is 50.5 Å². The van der Waals surface area contributed by atoms with E-state index in [1.807, 2.05) is 54.1 Å². The number of nitrogens with one attached hydrogen (secondary N) is 1. The first-order valence-electron chi connectivity index (χ1n) is 12.8. The smallest absolute Gasteiger partial charge is 0.249 e. The molecule has 10 heteroatoms. The Morgan fingerprint density at radius 2 is 1.82 bits per heavy atom. The van der Waals surface area contributed by atoms with Gasteiger partial charge in [-0.25, -0.2) is 0 Å². The molecule has 0 bridgehead atoms. The molecule has 3 amide bonds. The molecule has 0 saturated heterocycles. The highest BCUT2D eigenvalue weighted by Gasteiger charge is 2.35. The molecule has 3 atom stereocenters. The summed E-state index contributed by atoms with van der Waals surface area (Å²) in [6.07, 6.45) is 2.22. The Hall–Kier alpha value is -2.79. The fourth-order valence-corrected chi connectivity index (χ4v) is 5.97. The van der Waals surface area contributed by atoms with Crippen molar-refractivity contribution in [2.24, 2.45) is 5.73 Å². The first-order chi connectivity index (χ1) is 18.3. The number of hydrogen-bond donors (Lipinski definition) is 2. The van der Waals surface area contributed by atoms with Gasteiger partial charge in [-0.2, -0.15) is 0 Å². The summed E-state index contributed by atoms with van der Waals surface area (Å²) in [4.78, 5) is 44.1. The highest BCUT2D eigenvalue weighted by molar-refractivity contribution is 7.17. The summed E-state index contributed by atoms with van der Waals surface area (Å²) in [5, 5.41) is 7.79. The molecule has 0 aliphatic rings. The number of amides is 3. The van der Waals surface area contributed by atoms with Crippen LogP contribution in [0.25, 0.3) is 10.1 Å². The minimum absolute atomic E-state index is 0.148. The van der Waals surface area contributed by atoms with Crippen LogP contribution in [0.4, 0.5) is 0 Å². The van der Waals surface area contributed by atoms with Crippen LogP contribution in [0.15, 0.2) is 47.2 Å². The maximum Gasteiger partial charge on any atom is 0.249 e. The number of rotatable bonds is 14. The Morgan fingerprint density at radius 3 is 2.50 bits per heavy atom. The summed E-state index contributed by atoms with van der Waals surface area (Å²) in [5.74, 6) is -0.834. The SMILES string of the molecule is CCC(N)COCC(=O)N(C)[C@H](Cc1csc2ccccc12)C(=O)N(C)[C@H](CCc1cccs1)C(=O)NC. The summed E-state index contributed by atoms with van der Waals surface area (Å²) < 4.78 is 6.66. The molecule has 0 aliphatic heterocycles. The molecule has 0 aliphatic carbocycles. The van der Waals surface area contributed by atoms with E-state index in [2.05, 4.69) is 5.32 Å². The number of carbonyl (C=O) groups is 3. The third kappa shape index (κ3) is 7.63. The largest absolute Gasteiger partial charge is 0.370 e. The Labute approximate surface area is 232 Å². The standard InChI is InChI=1S/C28H38N4O4S2/c1-5-20(29)16-36-17-26(33)31(3)24(15-19-18-38-25-11-7-6-10-22(19)25)28(35)32(4)23(27(34)30-2)13-12-21-9-8-14-37-21/h6-11,14,18,20,23-24H,5,12-13,15-17,29H2,1-4H3,(H,30,34)/t20?,23-,24-/m1/s1. The second kappa shape index (κ2) is 14.4. The van der Waals surface area contributed by atoms with Gasteiger partial charge in [0.1, 0.15) is 18.7 Å². The molecule has 3 N–H and O–H groups in total. The molecule has 0 radical (unpaired) electrons. The van der Waals surface area contributed by atoms with E-state index in [9.17, 15) is 14.4 Å². The van der Waals surface area contributed by atoms with Crippen molar-refractivity contribution in [1.29, 1.82) is 0 Å². The van der Waals surface area contributed by atoms with Gasteiger partial charge >= 0.3 is 0 Å². The number of carbonyl (C=O) groups excluding carboxylic acids is 3. The number of ether oxygens (including phenoxy) is 1. The number of nitrogens with zero attached hydrogens (tertiary/aromatic N) is 2. The minimum atomic E-state index is -0.803. The molecule has 3 rings (SSSR count). The van der Waals surface area contributed by atoms with Gasteiger partial charge in [-0.05, 0) is 53.1 Å². The maximum absolute atomic E-state index is 14.0. The third-order valence-corrected chi connectivity index (χ3v) is 8.76. The molecular formula is C28H38N4O4S2. The van der Waals surface area contributed by atoms with Gasteiger partial charge in [0, 0.05) is 43.2 Å². The highest BCUT2D eigenvalue weighted by atomic mass is 32.1. The van der Waals surface area contributed by atoms with Gasteiger partial charge in [-0.3, -0.25) is 14.4 Å². The van der Waals surface area contributed by atoms with Crippen molar-refractivity contribution in [2.75, 3.05) is 34.4 Å². The second-order valence-electron chi connectivity index (χ2n) is 9.36. The van der Waals surface area contributed by atoms with E-state index in [0.29, 0.717) is 19.3 Å². The van der Waals surface area contributed by atoms with Crippen LogP contribution in [-0.2, 0) is 32.0 Å². The fraction of sp³-hybridized carbons (Fsp3) is 0.464. The summed E-state index contributed by atoms with van der Waals surface area (Å²) in [7, 11) is 4.84. The number of thiophene rings is 2. The van der Waals surface area contributed by atoms with Gasteiger partial charge in [0.05, 0.1) is 6.61 Å². The van der Waals surface area contributed by atoms with Crippen molar-refractivity contribution in [3.8, 4) is 0 Å². The van der Waals surface area contributed by atoms with E-state index in [1.54, 1.807) is 43.8 Å². The average Bonchev–Trinajstić information content (AvgIpc) is 3.60. The Kier molecular flexibility index (Phi) is 11.3. The second-order valence-corrected chi connectivity index (χ2v) is 11.3. The van der Waals surface area contributed by atoms with Crippen LogP contribution < -0.4 is 11.1 Å². The molecule has 38 heavy (non-hydrogen) atoms. The first-order valence-corrected chi connectivity index (χ1v) is 14.6. The van der Waals surface area contributed by atoms with Crippen LogP contribution in [0.5, 0.6) is 0 Å². The number of nitrogens with two attached hydrogens (primary N) is 1. The normalized spacial score (nSPS) is 13.6. The van der Waals surface area contributed by atoms with Crippen molar-refractivity contribution < 1.29 is 19.1 Å². The first kappa shape index (κ1) is 29.8. The minimum Gasteiger partial charge on any atom is -0.370 e. The van der Waals surface area contributed by atoms with Crippen molar-refractivity contribution in [3.63, 3.8) is 0 Å². The average molecular weight is 559 g/mol. The molecular weight excluding hydrogens is 520 g/mol. The Bertz CT molecular complexity index is 1200. The fourth-order valence-electron chi connectivity index (χ4n) is 4.27. The van der Waals surface area contributed by atoms with E-state index >= 15 is 0 Å². The molecule has 1 unspecified atom stereocenters. The summed E-state index contributed by atoms with van der Waals surface area (Å²) >= 11 is 3.23. The molecule has 2 heterocycles. The zero-order chi connectivity index (χ0) is 27.7. The molecule has 0 saturated carbocycles. The lowest BCUT2D eigenvalue weighted by atomic mass is 10.0. The Morgan fingerprint density at radius 1 is 1.05 bits per heavy atom. The molecule has 1 aromatic carbocycles. The number of hydrogen-bond acceptors (Lipinski definition) is 7. The van der Waals surface area contributed by atoms with Crippen LogP contribution in [0.3, 0.4) is 0 Å². The van der Waals surface area contributed by atoms with E-state index in [0.717, 1.165) is 26.9 Å². The van der Waals surface area contributed by atoms with Crippen LogP contribution in [0, 0.1) is 0 Å². The molecule has 3 aromatic rings. The van der Waals surface area contributed by atoms with Gasteiger partial charge < -0.3 is 25.6 Å². The van der Waals surface area contributed by atoms with Crippen molar-refractivity contribution in [3.05, 3.63) is 57.6 Å². The molecule has 8 nitrogen and oxygen atoms in total. The van der Waals surface area contributed by atoms with E-state index in [1.165, 1.54) is 9.80 Å². The Balaban J connectivity index is 1.84. The van der Waals surface area contributed by atoms with E-state index < -0.39 is 12.1 Å². The van der Waals surface area contributed by atoms with Crippen molar-refractivity contribution in [2.45, 2.75) is 50.7 Å². The predicted octanol–water partition coefficient (Wildman–Crippen LogP) is 3.29. The monoisotopic (exact) mass is 558 g/mol. The molecule has 206 valence electrons. The van der Waals surface area contributed by atoms with Gasteiger partial charge in [0.15, 0.2) is 0 Å². The summed E-state index contributed by atoms with van der Waals surface area (Å²) in [6.45, 7) is 2.06. The van der Waals surface area contributed by atoms with E-state index in [4.69, 9.17) is 10.5 Å². The van der Waals surface area contributed by atoms with Crippen molar-refractivity contribution in [1.82, 2.24) is 15.1 Å². The lowest BCUT2D eigenvalue weighted by molar-refractivity contribution is -0.149. The van der Waals surface area contributed by atoms with Gasteiger partial charge in [-0.1, -0.05) is 31.2 Å². The number of benzene rings is 1. The van der Waals surface area contributed by atoms with Gasteiger partial charge in [-0.15, -0.1) is 22.7 Å². The topological polar surface area (TPSA) is 105 Å². The predicted molar refractivity (Wildman–Crippen MR) is 154 cm³/mol. The third-order valence-electron chi connectivity index (χ3n) is 6.81. The zero-order valence-electron chi connectivity index (χ0n) is 22.5. The summed E-state index contributed by atoms with van der Waals surface area (Å²) in [5.41, 5.74) is 6.90. The lowest BCUT2D eigenvalue weighted by Crippen LogP contribution is -2.55. The quantitative estimate of drug-likeness (QED) is 0.316. The number of aryl methyl sites for hydroxylation is 1. The number of likely N-dealkylation sites (N-methyl/N-ethyl adjacent to an activating group) is 3. The van der Waals surface area contributed by atoms with E-state index in [-0.39, 0.29) is 37.0 Å². The van der Waals surface area contributed by atoms with Crippen LogP contribution in [0.2, 0.25) is 0 Å². The molecule has 0 spiro atoms. The molecule has 0 fully saturated rings. The van der Waals surface area contributed by atoms with Gasteiger partial charge in [0.2, 0.25) is 17.7 Å².